The lowest BCUT2D eigenvalue weighted by Gasteiger charge is -2.38. The number of carbonyl (C=O) groups excluding carboxylic acids is 2. The summed E-state index contributed by atoms with van der Waals surface area (Å²) in [6.07, 6.45) is 6.63. The molecule has 1 aliphatic carbocycles. The minimum Gasteiger partial charge on any atom is -0.383 e. The van der Waals surface area contributed by atoms with Crippen molar-refractivity contribution in [2.24, 2.45) is 0 Å². The second-order valence-corrected chi connectivity index (χ2v) is 8.32. The normalized spacial score (nSPS) is 18.6. The number of nitrogens with zero attached hydrogens (tertiary/aromatic N) is 3. The smallest absolute Gasteiger partial charge is 0.313 e. The molecule has 1 saturated carbocycles. The third kappa shape index (κ3) is 5.34. The molecule has 2 aromatic heterocycles. The zero-order chi connectivity index (χ0) is 21.7. The molecule has 160 valence electrons. The van der Waals surface area contributed by atoms with E-state index in [1.54, 1.807) is 31.2 Å². The molecule has 9 heteroatoms. The molecule has 0 saturated heterocycles. The van der Waals surface area contributed by atoms with E-state index in [1.165, 1.54) is 6.20 Å². The van der Waals surface area contributed by atoms with Crippen LogP contribution in [0.1, 0.15) is 36.9 Å². The predicted octanol–water partition coefficient (Wildman–Crippen LogP) is 3.05. The van der Waals surface area contributed by atoms with Crippen LogP contribution in [0.4, 0.5) is 11.5 Å². The van der Waals surface area contributed by atoms with Crippen LogP contribution in [0.5, 0.6) is 0 Å². The molecule has 3 N–H and O–H groups in total. The molecular formula is C21H26BrN5O3. The summed E-state index contributed by atoms with van der Waals surface area (Å²) in [5.74, 6) is -0.964. The quantitative estimate of drug-likeness (QED) is 0.642. The first-order valence-corrected chi connectivity index (χ1v) is 10.7. The molecule has 2 unspecified atom stereocenters. The Morgan fingerprint density at radius 2 is 2.03 bits per heavy atom. The van der Waals surface area contributed by atoms with Crippen molar-refractivity contribution >= 4 is 39.2 Å². The third-order valence-electron chi connectivity index (χ3n) is 5.32. The number of halogens is 1. The van der Waals surface area contributed by atoms with E-state index >= 15 is 0 Å². The first-order valence-electron chi connectivity index (χ1n) is 9.86. The number of anilines is 2. The van der Waals surface area contributed by atoms with E-state index in [2.05, 4.69) is 31.2 Å². The maximum absolute atomic E-state index is 13.2. The van der Waals surface area contributed by atoms with Crippen LogP contribution < -0.4 is 11.1 Å². The number of nitrogen functional groups attached to an aromatic ring is 1. The van der Waals surface area contributed by atoms with Crippen molar-refractivity contribution in [2.45, 2.75) is 51.3 Å². The van der Waals surface area contributed by atoms with Gasteiger partial charge in [-0.1, -0.05) is 12.8 Å². The van der Waals surface area contributed by atoms with E-state index in [0.717, 1.165) is 35.7 Å². The van der Waals surface area contributed by atoms with Crippen LogP contribution in [0, 0.1) is 6.92 Å². The number of hydrogen-bond donors (Lipinski definition) is 2. The van der Waals surface area contributed by atoms with Crippen LogP contribution >= 0.6 is 15.9 Å². The van der Waals surface area contributed by atoms with Crippen molar-refractivity contribution in [1.29, 1.82) is 0 Å². The largest absolute Gasteiger partial charge is 0.383 e. The van der Waals surface area contributed by atoms with Crippen LogP contribution in [0.2, 0.25) is 0 Å². The van der Waals surface area contributed by atoms with Gasteiger partial charge >= 0.3 is 11.8 Å². The summed E-state index contributed by atoms with van der Waals surface area (Å²) in [5.41, 5.74) is 7.58. The Morgan fingerprint density at radius 1 is 1.27 bits per heavy atom. The summed E-state index contributed by atoms with van der Waals surface area (Å²) in [6.45, 7) is 2.01. The Morgan fingerprint density at radius 3 is 2.70 bits per heavy atom. The number of nitrogens with one attached hydrogen (secondary N) is 1. The van der Waals surface area contributed by atoms with Crippen LogP contribution in [0.25, 0.3) is 0 Å². The maximum atomic E-state index is 13.2. The number of nitrogens with two attached hydrogens (primary N) is 1. The summed E-state index contributed by atoms with van der Waals surface area (Å²) in [7, 11) is 1.65. The fourth-order valence-electron chi connectivity index (χ4n) is 3.69. The van der Waals surface area contributed by atoms with Crippen LogP contribution in [0.15, 0.2) is 35.1 Å². The molecule has 0 aromatic carbocycles. The molecule has 2 heterocycles. The van der Waals surface area contributed by atoms with Gasteiger partial charge in [-0.3, -0.25) is 14.6 Å². The Bertz CT molecular complexity index is 906. The van der Waals surface area contributed by atoms with E-state index in [-0.39, 0.29) is 18.7 Å². The number of hydrogen-bond acceptors (Lipinski definition) is 6. The fourth-order valence-corrected chi connectivity index (χ4v) is 3.93. The molecule has 2 atom stereocenters. The zero-order valence-corrected chi connectivity index (χ0v) is 18.7. The van der Waals surface area contributed by atoms with E-state index in [1.807, 2.05) is 12.1 Å². The van der Waals surface area contributed by atoms with Gasteiger partial charge in [0.05, 0.1) is 36.3 Å². The highest BCUT2D eigenvalue weighted by Gasteiger charge is 2.36. The molecule has 30 heavy (non-hydrogen) atoms. The summed E-state index contributed by atoms with van der Waals surface area (Å²) in [5, 5.41) is 2.64. The van der Waals surface area contributed by atoms with Gasteiger partial charge in [0.1, 0.15) is 5.82 Å². The monoisotopic (exact) mass is 475 g/mol. The molecular weight excluding hydrogens is 450 g/mol. The second-order valence-electron chi connectivity index (χ2n) is 7.41. The van der Waals surface area contributed by atoms with Gasteiger partial charge in [0, 0.05) is 17.8 Å². The SMILES string of the molecule is COC1CCCCC1N(Cc1ccc(Br)cn1)C(=O)C(=O)Nc1cnc(N)c(C)c1. The van der Waals surface area contributed by atoms with Crippen molar-refractivity contribution in [3.05, 3.63) is 46.3 Å². The molecule has 0 bridgehead atoms. The molecule has 3 rings (SSSR count). The van der Waals surface area contributed by atoms with E-state index in [0.29, 0.717) is 17.2 Å². The maximum Gasteiger partial charge on any atom is 0.313 e. The van der Waals surface area contributed by atoms with Crippen molar-refractivity contribution in [3.8, 4) is 0 Å². The van der Waals surface area contributed by atoms with Gasteiger partial charge in [0.15, 0.2) is 0 Å². The van der Waals surface area contributed by atoms with Gasteiger partial charge in [-0.2, -0.15) is 0 Å². The highest BCUT2D eigenvalue weighted by Crippen LogP contribution is 2.27. The average molecular weight is 476 g/mol. The number of rotatable bonds is 5. The first-order chi connectivity index (χ1) is 14.4. The Kier molecular flexibility index (Phi) is 7.38. The van der Waals surface area contributed by atoms with Crippen LogP contribution in [-0.4, -0.2) is 45.9 Å². The van der Waals surface area contributed by atoms with Gasteiger partial charge in [-0.25, -0.2) is 4.98 Å². The Hall–Kier alpha value is -2.52. The van der Waals surface area contributed by atoms with Crippen LogP contribution in [0.3, 0.4) is 0 Å². The highest BCUT2D eigenvalue weighted by atomic mass is 79.9. The number of methoxy groups -OCH3 is 1. The van der Waals surface area contributed by atoms with Gasteiger partial charge in [0.25, 0.3) is 0 Å². The lowest BCUT2D eigenvalue weighted by Crippen LogP contribution is -2.52. The molecule has 2 aromatic rings. The lowest BCUT2D eigenvalue weighted by atomic mass is 9.91. The van der Waals surface area contributed by atoms with Crippen LogP contribution in [-0.2, 0) is 20.9 Å². The molecule has 1 aliphatic rings. The number of aromatic nitrogens is 2. The molecule has 1 fully saturated rings. The predicted molar refractivity (Wildman–Crippen MR) is 118 cm³/mol. The summed E-state index contributed by atoms with van der Waals surface area (Å²) in [6, 6.07) is 5.19. The summed E-state index contributed by atoms with van der Waals surface area (Å²) >= 11 is 3.37. The number of pyridine rings is 2. The molecule has 0 spiro atoms. The molecule has 2 amide bonds. The van der Waals surface area contributed by atoms with Gasteiger partial charge in [0.2, 0.25) is 0 Å². The number of aryl methyl sites for hydroxylation is 1. The highest BCUT2D eigenvalue weighted by molar-refractivity contribution is 9.10. The van der Waals surface area contributed by atoms with Crippen molar-refractivity contribution in [3.63, 3.8) is 0 Å². The number of carbonyl (C=O) groups is 2. The van der Waals surface area contributed by atoms with Gasteiger partial charge in [-0.05, 0) is 59.5 Å². The number of amides is 2. The third-order valence-corrected chi connectivity index (χ3v) is 5.79. The summed E-state index contributed by atoms with van der Waals surface area (Å²) in [4.78, 5) is 36.0. The van der Waals surface area contributed by atoms with Crippen molar-refractivity contribution in [2.75, 3.05) is 18.2 Å². The first kappa shape index (κ1) is 22.2. The lowest BCUT2D eigenvalue weighted by molar-refractivity contribution is -0.148. The topological polar surface area (TPSA) is 110 Å². The van der Waals surface area contributed by atoms with Gasteiger partial charge in [-0.15, -0.1) is 0 Å². The van der Waals surface area contributed by atoms with E-state index in [9.17, 15) is 9.59 Å². The van der Waals surface area contributed by atoms with E-state index < -0.39 is 11.8 Å². The molecule has 0 aliphatic heterocycles. The zero-order valence-electron chi connectivity index (χ0n) is 17.1. The number of ether oxygens (including phenoxy) is 1. The fraction of sp³-hybridized carbons (Fsp3) is 0.429. The van der Waals surface area contributed by atoms with E-state index in [4.69, 9.17) is 10.5 Å². The Balaban J connectivity index is 1.83. The minimum absolute atomic E-state index is 0.119. The second kappa shape index (κ2) is 9.99. The molecule has 0 radical (unpaired) electrons. The molecule has 8 nitrogen and oxygen atoms in total. The Labute approximate surface area is 184 Å². The minimum atomic E-state index is -0.724. The van der Waals surface area contributed by atoms with Crippen molar-refractivity contribution < 1.29 is 14.3 Å². The van der Waals surface area contributed by atoms with Gasteiger partial charge < -0.3 is 20.7 Å². The summed E-state index contributed by atoms with van der Waals surface area (Å²) < 4.78 is 6.49. The standard InChI is InChI=1S/C21H26BrN5O3/c1-13-9-16(11-25-19(13)23)26-20(28)21(29)27(12-15-8-7-14(22)10-24-15)17-5-3-4-6-18(17)30-2/h7-11,17-18H,3-6,12H2,1-2H3,(H2,23,25)(H,26,28). The van der Waals surface area contributed by atoms with Crippen molar-refractivity contribution in [1.82, 2.24) is 14.9 Å². The average Bonchev–Trinajstić information content (AvgIpc) is 2.75.